The van der Waals surface area contributed by atoms with Crippen molar-refractivity contribution in [2.24, 2.45) is 0 Å². The fourth-order valence-electron chi connectivity index (χ4n) is 0.749. The summed E-state index contributed by atoms with van der Waals surface area (Å²) in [6, 6.07) is 0. The van der Waals surface area contributed by atoms with Crippen molar-refractivity contribution in [3.63, 3.8) is 0 Å². The topological polar surface area (TPSA) is 0 Å². The second kappa shape index (κ2) is 1.85. The van der Waals surface area contributed by atoms with Gasteiger partial charge in [-0.15, -0.1) is 0 Å². The standard InChI is InChI=1S/C8H6Si/c1-2-4-7(3-1)9-8-5-6-8/h1-6H. The molecule has 0 N–H and O–H groups in total. The van der Waals surface area contributed by atoms with E-state index in [1.54, 1.807) is 0 Å². The van der Waals surface area contributed by atoms with Crippen LogP contribution in [0, 0.1) is 0 Å². The first kappa shape index (κ1) is 5.00. The number of hydrogen-bond donors (Lipinski definition) is 0. The molecule has 0 heterocycles. The molecule has 0 saturated heterocycles. The van der Waals surface area contributed by atoms with E-state index < -0.39 is 0 Å². The van der Waals surface area contributed by atoms with Gasteiger partial charge in [0.15, 0.2) is 0 Å². The van der Waals surface area contributed by atoms with E-state index >= 15 is 0 Å². The van der Waals surface area contributed by atoms with E-state index in [1.807, 2.05) is 0 Å². The van der Waals surface area contributed by atoms with Crippen molar-refractivity contribution in [1.82, 2.24) is 0 Å². The summed E-state index contributed by atoms with van der Waals surface area (Å²) >= 11 is 0. The zero-order valence-electron chi connectivity index (χ0n) is 4.96. The average Bonchev–Trinajstić information content (AvgIpc) is 2.46. The van der Waals surface area contributed by atoms with Gasteiger partial charge in [-0.1, -0.05) is 36.5 Å². The molecule has 42 valence electrons. The SMILES string of the molecule is C1=CC(=[Si]=C2C=C2)C=C1. The second-order valence-electron chi connectivity index (χ2n) is 2.09. The first-order chi connectivity index (χ1) is 4.45. The summed E-state index contributed by atoms with van der Waals surface area (Å²) in [7, 11) is 0.902. The van der Waals surface area contributed by atoms with Crippen LogP contribution in [0.15, 0.2) is 36.5 Å². The molecule has 0 nitrogen and oxygen atoms in total. The fourth-order valence-corrected chi connectivity index (χ4v) is 1.69. The van der Waals surface area contributed by atoms with Gasteiger partial charge < -0.3 is 0 Å². The van der Waals surface area contributed by atoms with Gasteiger partial charge in [0.25, 0.3) is 0 Å². The molecular weight excluding hydrogens is 124 g/mol. The highest BCUT2D eigenvalue weighted by molar-refractivity contribution is 6.75. The minimum absolute atomic E-state index is 0.902. The Kier molecular flexibility index (Phi) is 1.03. The molecule has 0 amide bonds. The molecule has 0 aromatic rings. The van der Waals surface area contributed by atoms with Crippen LogP contribution < -0.4 is 0 Å². The summed E-state index contributed by atoms with van der Waals surface area (Å²) in [5.74, 6) is 0. The lowest BCUT2D eigenvalue weighted by Gasteiger charge is -1.75. The van der Waals surface area contributed by atoms with Crippen molar-refractivity contribution < 1.29 is 0 Å². The molecule has 2 rings (SSSR count). The third-order valence-corrected chi connectivity index (χ3v) is 2.53. The van der Waals surface area contributed by atoms with E-state index in [0.29, 0.717) is 0 Å². The molecule has 0 spiro atoms. The van der Waals surface area contributed by atoms with Gasteiger partial charge in [0.05, 0.1) is 0 Å². The van der Waals surface area contributed by atoms with Crippen molar-refractivity contribution in [1.29, 1.82) is 0 Å². The third-order valence-electron chi connectivity index (χ3n) is 1.28. The van der Waals surface area contributed by atoms with Gasteiger partial charge in [-0.25, -0.2) is 0 Å². The van der Waals surface area contributed by atoms with Crippen LogP contribution in [-0.4, -0.2) is 19.1 Å². The molecule has 0 aromatic carbocycles. The van der Waals surface area contributed by atoms with Crippen molar-refractivity contribution in [2.45, 2.75) is 0 Å². The van der Waals surface area contributed by atoms with E-state index in [4.69, 9.17) is 0 Å². The molecule has 0 bridgehead atoms. The zero-order valence-corrected chi connectivity index (χ0v) is 5.96. The number of allylic oxidation sites excluding steroid dienone is 6. The van der Waals surface area contributed by atoms with Gasteiger partial charge in [-0.05, 0) is 19.1 Å². The van der Waals surface area contributed by atoms with Crippen LogP contribution in [0.3, 0.4) is 0 Å². The Morgan fingerprint density at radius 1 is 0.778 bits per heavy atom. The lowest BCUT2D eigenvalue weighted by Crippen LogP contribution is -1.88. The maximum Gasteiger partial charge on any atom is -0.0105 e. The number of rotatable bonds is 0. The van der Waals surface area contributed by atoms with Crippen LogP contribution in [0.5, 0.6) is 0 Å². The summed E-state index contributed by atoms with van der Waals surface area (Å²) in [4.78, 5) is 0. The van der Waals surface area contributed by atoms with Crippen LogP contribution >= 0.6 is 0 Å². The van der Waals surface area contributed by atoms with Crippen molar-refractivity contribution >= 4 is 19.1 Å². The second-order valence-corrected chi connectivity index (χ2v) is 3.49. The van der Waals surface area contributed by atoms with Crippen LogP contribution in [0.2, 0.25) is 0 Å². The van der Waals surface area contributed by atoms with E-state index in [1.165, 1.54) is 10.3 Å². The predicted molar refractivity (Wildman–Crippen MR) is 43.2 cm³/mol. The van der Waals surface area contributed by atoms with E-state index in [9.17, 15) is 0 Å². The van der Waals surface area contributed by atoms with E-state index in [2.05, 4.69) is 36.5 Å². The lowest BCUT2D eigenvalue weighted by atomic mass is 10.5. The largest absolute Gasteiger partial charge is 0.0615 e. The quantitative estimate of drug-likeness (QED) is 0.424. The molecule has 0 saturated carbocycles. The van der Waals surface area contributed by atoms with Crippen molar-refractivity contribution in [2.75, 3.05) is 0 Å². The molecule has 0 fully saturated rings. The van der Waals surface area contributed by atoms with Gasteiger partial charge in [-0.2, -0.15) is 0 Å². The molecule has 0 unspecified atom stereocenters. The van der Waals surface area contributed by atoms with Gasteiger partial charge in [0.1, 0.15) is 0 Å². The Labute approximate surface area is 56.3 Å². The summed E-state index contributed by atoms with van der Waals surface area (Å²) in [6.07, 6.45) is 12.9. The van der Waals surface area contributed by atoms with Crippen molar-refractivity contribution in [3.8, 4) is 0 Å². The van der Waals surface area contributed by atoms with Crippen LogP contribution in [0.1, 0.15) is 0 Å². The third kappa shape index (κ3) is 1.11. The predicted octanol–water partition coefficient (Wildman–Crippen LogP) is 0.731. The Balaban J connectivity index is 2.41. The van der Waals surface area contributed by atoms with Gasteiger partial charge >= 0.3 is 0 Å². The van der Waals surface area contributed by atoms with E-state index in [-0.39, 0.29) is 0 Å². The number of hydrogen-bond acceptors (Lipinski definition) is 0. The van der Waals surface area contributed by atoms with Crippen LogP contribution in [-0.2, 0) is 0 Å². The zero-order chi connectivity index (χ0) is 6.10. The molecule has 2 aliphatic carbocycles. The normalized spacial score (nSPS) is 19.1. The average molecular weight is 130 g/mol. The Hall–Kier alpha value is -0.823. The maximum absolute atomic E-state index is 2.17. The highest BCUT2D eigenvalue weighted by Gasteiger charge is 1.96. The molecule has 1 heteroatoms. The first-order valence-electron chi connectivity index (χ1n) is 2.99. The summed E-state index contributed by atoms with van der Waals surface area (Å²) in [6.45, 7) is 0. The Morgan fingerprint density at radius 2 is 1.33 bits per heavy atom. The maximum atomic E-state index is 2.17. The lowest BCUT2D eigenvalue weighted by molar-refractivity contribution is 2.15. The Bertz CT molecular complexity index is 262. The summed E-state index contributed by atoms with van der Waals surface area (Å²) in [5.41, 5.74) is 0. The van der Waals surface area contributed by atoms with Crippen LogP contribution in [0.4, 0.5) is 0 Å². The smallest absolute Gasteiger partial charge is 0.0105 e. The molecule has 0 radical (unpaired) electrons. The minimum atomic E-state index is 0.902. The molecule has 0 aromatic heterocycles. The van der Waals surface area contributed by atoms with Gasteiger partial charge in [-0.3, -0.25) is 0 Å². The molecule has 9 heavy (non-hydrogen) atoms. The van der Waals surface area contributed by atoms with Gasteiger partial charge in [0, 0.05) is 0 Å². The van der Waals surface area contributed by atoms with Crippen LogP contribution in [0.25, 0.3) is 0 Å². The summed E-state index contributed by atoms with van der Waals surface area (Å²) < 4.78 is 0. The highest BCUT2D eigenvalue weighted by atomic mass is 28.1. The first-order valence-corrected chi connectivity index (χ1v) is 3.99. The molecular formula is C8H6Si. The fraction of sp³-hybridized carbons (Fsp3) is 0. The monoisotopic (exact) mass is 130 g/mol. The minimum Gasteiger partial charge on any atom is -0.0615 e. The highest BCUT2D eigenvalue weighted by Crippen LogP contribution is 1.95. The van der Waals surface area contributed by atoms with E-state index in [0.717, 1.165) is 8.74 Å². The van der Waals surface area contributed by atoms with Gasteiger partial charge in [0.2, 0.25) is 0 Å². The van der Waals surface area contributed by atoms with Crippen molar-refractivity contribution in [3.05, 3.63) is 36.5 Å². The molecule has 0 atom stereocenters. The molecule has 0 aliphatic heterocycles. The molecule has 2 aliphatic rings. The Morgan fingerprint density at radius 3 is 1.89 bits per heavy atom. The summed E-state index contributed by atoms with van der Waals surface area (Å²) in [5, 5.41) is 2.95.